The van der Waals surface area contributed by atoms with E-state index in [0.29, 0.717) is 0 Å². The van der Waals surface area contributed by atoms with Gasteiger partial charge in [-0.05, 0) is 37.6 Å². The quantitative estimate of drug-likeness (QED) is 0.668. The number of unbranched alkanes of at least 4 members (excludes halogenated alkanes) is 2. The molecule has 2 unspecified atom stereocenters. The third kappa shape index (κ3) is 3.46. The fourth-order valence-corrected chi connectivity index (χ4v) is 3.38. The number of nitrogens with one attached hydrogen (secondary N) is 1. The minimum atomic E-state index is 1.06. The van der Waals surface area contributed by atoms with Crippen LogP contribution in [-0.2, 0) is 0 Å². The Bertz CT molecular complexity index is 181. The molecule has 0 radical (unpaired) electrons. The first-order chi connectivity index (χ1) is 7.90. The van der Waals surface area contributed by atoms with E-state index in [0.717, 1.165) is 11.8 Å². The van der Waals surface area contributed by atoms with Crippen molar-refractivity contribution in [2.45, 2.75) is 45.4 Å². The molecule has 0 bridgehead atoms. The topological polar surface area (TPSA) is 15.3 Å². The molecule has 1 aliphatic carbocycles. The van der Waals surface area contributed by atoms with Crippen LogP contribution in [0.1, 0.15) is 45.4 Å². The van der Waals surface area contributed by atoms with E-state index in [-0.39, 0.29) is 0 Å². The van der Waals surface area contributed by atoms with E-state index in [2.05, 4.69) is 17.1 Å². The van der Waals surface area contributed by atoms with E-state index in [1.165, 1.54) is 71.2 Å². The van der Waals surface area contributed by atoms with Gasteiger partial charge in [0.05, 0.1) is 0 Å². The van der Waals surface area contributed by atoms with Crippen LogP contribution in [0.25, 0.3) is 0 Å². The highest BCUT2D eigenvalue weighted by atomic mass is 15.2. The molecule has 0 aromatic carbocycles. The molecule has 1 saturated carbocycles. The van der Waals surface area contributed by atoms with E-state index >= 15 is 0 Å². The summed E-state index contributed by atoms with van der Waals surface area (Å²) in [6, 6.07) is 0. The molecule has 2 aliphatic rings. The molecule has 2 fully saturated rings. The molecule has 1 N–H and O–H groups in total. The fraction of sp³-hybridized carbons (Fsp3) is 1.00. The van der Waals surface area contributed by atoms with Crippen molar-refractivity contribution >= 4 is 0 Å². The first-order valence-corrected chi connectivity index (χ1v) is 7.33. The van der Waals surface area contributed by atoms with Gasteiger partial charge in [0.1, 0.15) is 0 Å². The van der Waals surface area contributed by atoms with Crippen LogP contribution in [0.15, 0.2) is 0 Å². The Kier molecular flexibility index (Phi) is 5.11. The molecule has 2 rings (SSSR count). The minimum Gasteiger partial charge on any atom is -0.315 e. The third-order valence-corrected chi connectivity index (χ3v) is 4.36. The molecule has 0 aromatic rings. The van der Waals surface area contributed by atoms with E-state index < -0.39 is 0 Å². The Balaban J connectivity index is 1.48. The summed E-state index contributed by atoms with van der Waals surface area (Å²) >= 11 is 0. The first-order valence-electron chi connectivity index (χ1n) is 7.33. The van der Waals surface area contributed by atoms with Gasteiger partial charge < -0.3 is 10.2 Å². The van der Waals surface area contributed by atoms with Gasteiger partial charge in [-0.2, -0.15) is 0 Å². The van der Waals surface area contributed by atoms with Crippen molar-refractivity contribution in [3.05, 3.63) is 0 Å². The van der Waals surface area contributed by atoms with Gasteiger partial charge in [0.2, 0.25) is 0 Å². The smallest absolute Gasteiger partial charge is 0.0107 e. The average molecular weight is 224 g/mol. The molecule has 94 valence electrons. The van der Waals surface area contributed by atoms with Crippen LogP contribution in [-0.4, -0.2) is 37.6 Å². The highest BCUT2D eigenvalue weighted by Crippen LogP contribution is 2.37. The van der Waals surface area contributed by atoms with Gasteiger partial charge in [-0.25, -0.2) is 0 Å². The van der Waals surface area contributed by atoms with Gasteiger partial charge in [-0.15, -0.1) is 0 Å². The van der Waals surface area contributed by atoms with Crippen molar-refractivity contribution in [2.24, 2.45) is 11.8 Å². The van der Waals surface area contributed by atoms with Crippen molar-refractivity contribution in [1.82, 2.24) is 10.2 Å². The lowest BCUT2D eigenvalue weighted by atomic mass is 10.0. The lowest BCUT2D eigenvalue weighted by molar-refractivity contribution is 0.309. The maximum absolute atomic E-state index is 3.57. The molecule has 1 saturated heterocycles. The van der Waals surface area contributed by atoms with E-state index in [4.69, 9.17) is 0 Å². The summed E-state index contributed by atoms with van der Waals surface area (Å²) in [6.45, 7) is 8.74. The summed E-state index contributed by atoms with van der Waals surface area (Å²) in [6.07, 6.45) is 8.56. The van der Waals surface area contributed by atoms with Crippen LogP contribution in [0.2, 0.25) is 0 Å². The monoisotopic (exact) mass is 224 g/mol. The second kappa shape index (κ2) is 6.61. The lowest BCUT2D eigenvalue weighted by Crippen LogP contribution is -2.31. The van der Waals surface area contributed by atoms with Gasteiger partial charge in [-0.1, -0.05) is 26.2 Å². The van der Waals surface area contributed by atoms with Crippen LogP contribution in [0.3, 0.4) is 0 Å². The fourth-order valence-electron chi connectivity index (χ4n) is 3.38. The Morgan fingerprint density at radius 1 is 1.06 bits per heavy atom. The number of hydrogen-bond donors (Lipinski definition) is 1. The number of likely N-dealkylation sites (tertiary alicyclic amines) is 1. The Labute approximate surface area is 101 Å². The predicted octanol–water partition coefficient (Wildman–Crippen LogP) is 2.50. The van der Waals surface area contributed by atoms with Crippen molar-refractivity contribution in [3.8, 4) is 0 Å². The highest BCUT2D eigenvalue weighted by molar-refractivity contribution is 4.88. The van der Waals surface area contributed by atoms with Crippen LogP contribution in [0, 0.1) is 11.8 Å². The molecule has 1 aliphatic heterocycles. The maximum atomic E-state index is 3.57. The molecule has 2 nitrogen and oxygen atoms in total. The standard InChI is InChI=1S/C14H28N2/c1-2-3-4-8-15-9-10-16-11-13-6-5-7-14(13)12-16/h13-15H,2-12H2,1H3. The molecule has 16 heavy (non-hydrogen) atoms. The largest absolute Gasteiger partial charge is 0.315 e. The Morgan fingerprint density at radius 2 is 1.81 bits per heavy atom. The third-order valence-electron chi connectivity index (χ3n) is 4.36. The van der Waals surface area contributed by atoms with Crippen molar-refractivity contribution in [2.75, 3.05) is 32.7 Å². The number of rotatable bonds is 7. The summed E-state index contributed by atoms with van der Waals surface area (Å²) in [7, 11) is 0. The average Bonchev–Trinajstić information content (AvgIpc) is 2.83. The maximum Gasteiger partial charge on any atom is 0.0107 e. The summed E-state index contributed by atoms with van der Waals surface area (Å²) in [5.74, 6) is 2.11. The molecular weight excluding hydrogens is 196 g/mol. The van der Waals surface area contributed by atoms with Crippen LogP contribution < -0.4 is 5.32 Å². The summed E-state index contributed by atoms with van der Waals surface area (Å²) < 4.78 is 0. The number of hydrogen-bond acceptors (Lipinski definition) is 2. The number of fused-ring (bicyclic) bond motifs is 1. The van der Waals surface area contributed by atoms with E-state index in [9.17, 15) is 0 Å². The Morgan fingerprint density at radius 3 is 2.50 bits per heavy atom. The molecule has 0 spiro atoms. The van der Waals surface area contributed by atoms with Crippen LogP contribution in [0.4, 0.5) is 0 Å². The summed E-state index contributed by atoms with van der Waals surface area (Å²) in [4.78, 5) is 2.68. The Hall–Kier alpha value is -0.0800. The van der Waals surface area contributed by atoms with Crippen LogP contribution in [0.5, 0.6) is 0 Å². The molecule has 0 aromatic heterocycles. The van der Waals surface area contributed by atoms with Crippen molar-refractivity contribution in [1.29, 1.82) is 0 Å². The molecule has 2 atom stereocenters. The van der Waals surface area contributed by atoms with Crippen LogP contribution >= 0.6 is 0 Å². The van der Waals surface area contributed by atoms with Gasteiger partial charge in [0.25, 0.3) is 0 Å². The zero-order chi connectivity index (χ0) is 11.2. The zero-order valence-corrected chi connectivity index (χ0v) is 10.9. The summed E-state index contributed by atoms with van der Waals surface area (Å²) in [5, 5.41) is 3.57. The SMILES string of the molecule is CCCCCNCCN1CC2CCCC2C1. The van der Waals surface area contributed by atoms with Gasteiger partial charge in [-0.3, -0.25) is 0 Å². The molecular formula is C14H28N2. The second-order valence-corrected chi connectivity index (χ2v) is 5.67. The molecule has 0 amide bonds. The van der Waals surface area contributed by atoms with Crippen molar-refractivity contribution in [3.63, 3.8) is 0 Å². The minimum absolute atomic E-state index is 1.06. The summed E-state index contributed by atoms with van der Waals surface area (Å²) in [5.41, 5.74) is 0. The molecule has 2 heteroatoms. The van der Waals surface area contributed by atoms with Crippen molar-refractivity contribution < 1.29 is 0 Å². The van der Waals surface area contributed by atoms with Gasteiger partial charge >= 0.3 is 0 Å². The van der Waals surface area contributed by atoms with E-state index in [1.807, 2.05) is 0 Å². The molecule has 1 heterocycles. The zero-order valence-electron chi connectivity index (χ0n) is 10.9. The second-order valence-electron chi connectivity index (χ2n) is 5.67. The number of nitrogens with zero attached hydrogens (tertiary/aromatic N) is 1. The first kappa shape index (κ1) is 12.4. The highest BCUT2D eigenvalue weighted by Gasteiger charge is 2.35. The normalized spacial score (nSPS) is 29.8. The van der Waals surface area contributed by atoms with Gasteiger partial charge in [0, 0.05) is 26.2 Å². The van der Waals surface area contributed by atoms with E-state index in [1.54, 1.807) is 0 Å². The lowest BCUT2D eigenvalue weighted by Gasteiger charge is -2.16. The van der Waals surface area contributed by atoms with Gasteiger partial charge in [0.15, 0.2) is 0 Å². The predicted molar refractivity (Wildman–Crippen MR) is 69.7 cm³/mol.